The van der Waals surface area contributed by atoms with Crippen LogP contribution in [0.5, 0.6) is 5.75 Å². The molecule has 1 aromatic rings. The minimum absolute atomic E-state index is 0.242. The van der Waals surface area contributed by atoms with Crippen LogP contribution in [-0.4, -0.2) is 12.9 Å². The molecule has 14 heavy (non-hydrogen) atoms. The minimum atomic E-state index is 0.242. The number of ketones is 1. The average Bonchev–Trinajstić information content (AvgIpc) is 3.02. The van der Waals surface area contributed by atoms with Gasteiger partial charge in [0.1, 0.15) is 5.75 Å². The molecule has 0 atom stereocenters. The Morgan fingerprint density at radius 3 is 2.93 bits per heavy atom. The monoisotopic (exact) mass is 190 g/mol. The lowest BCUT2D eigenvalue weighted by Gasteiger charge is -2.02. The highest BCUT2D eigenvalue weighted by Crippen LogP contribution is 2.33. The van der Waals surface area contributed by atoms with E-state index in [4.69, 9.17) is 4.74 Å². The zero-order valence-electron chi connectivity index (χ0n) is 8.32. The van der Waals surface area contributed by atoms with Crippen LogP contribution in [0.1, 0.15) is 29.6 Å². The number of hydrogen-bond acceptors (Lipinski definition) is 2. The summed E-state index contributed by atoms with van der Waals surface area (Å²) >= 11 is 0. The van der Waals surface area contributed by atoms with Gasteiger partial charge in [0.25, 0.3) is 0 Å². The van der Waals surface area contributed by atoms with E-state index in [2.05, 4.69) is 0 Å². The molecule has 2 nitrogen and oxygen atoms in total. The van der Waals surface area contributed by atoms with Crippen LogP contribution in [0.2, 0.25) is 0 Å². The van der Waals surface area contributed by atoms with Crippen molar-refractivity contribution in [3.05, 3.63) is 29.8 Å². The molecule has 0 amide bonds. The average molecular weight is 190 g/mol. The van der Waals surface area contributed by atoms with Crippen molar-refractivity contribution in [1.29, 1.82) is 0 Å². The SMILES string of the molecule is COc1cccc(C(=O)CC2CC2)c1. The van der Waals surface area contributed by atoms with E-state index in [1.807, 2.05) is 24.3 Å². The Morgan fingerprint density at radius 2 is 2.29 bits per heavy atom. The molecule has 0 saturated heterocycles. The normalized spacial score (nSPS) is 15.2. The van der Waals surface area contributed by atoms with Crippen molar-refractivity contribution >= 4 is 5.78 Å². The van der Waals surface area contributed by atoms with E-state index in [-0.39, 0.29) is 5.78 Å². The largest absolute Gasteiger partial charge is 0.497 e. The van der Waals surface area contributed by atoms with Crippen molar-refractivity contribution in [2.75, 3.05) is 7.11 Å². The van der Waals surface area contributed by atoms with Crippen LogP contribution >= 0.6 is 0 Å². The third-order valence-electron chi connectivity index (χ3n) is 2.56. The second kappa shape index (κ2) is 3.82. The molecule has 0 aromatic heterocycles. The first kappa shape index (κ1) is 9.25. The quantitative estimate of drug-likeness (QED) is 0.682. The van der Waals surface area contributed by atoms with Crippen LogP contribution < -0.4 is 4.74 Å². The molecule has 2 rings (SSSR count). The second-order valence-corrected chi connectivity index (χ2v) is 3.80. The number of methoxy groups -OCH3 is 1. The summed E-state index contributed by atoms with van der Waals surface area (Å²) in [6.45, 7) is 0. The fraction of sp³-hybridized carbons (Fsp3) is 0.417. The molecule has 0 aliphatic heterocycles. The Kier molecular flexibility index (Phi) is 2.53. The number of Topliss-reactive ketones (excluding diaryl/α,β-unsaturated/α-hetero) is 1. The highest BCUT2D eigenvalue weighted by molar-refractivity contribution is 5.96. The summed E-state index contributed by atoms with van der Waals surface area (Å²) in [5.74, 6) is 1.65. The molecule has 0 spiro atoms. The van der Waals surface area contributed by atoms with Gasteiger partial charge in [-0.05, 0) is 30.9 Å². The van der Waals surface area contributed by atoms with Crippen molar-refractivity contribution in [1.82, 2.24) is 0 Å². The van der Waals surface area contributed by atoms with Crippen molar-refractivity contribution in [2.24, 2.45) is 5.92 Å². The Bertz CT molecular complexity index is 340. The molecular weight excluding hydrogens is 176 g/mol. The molecule has 0 unspecified atom stereocenters. The van der Waals surface area contributed by atoms with Gasteiger partial charge in [-0.3, -0.25) is 4.79 Å². The van der Waals surface area contributed by atoms with Gasteiger partial charge >= 0.3 is 0 Å². The van der Waals surface area contributed by atoms with E-state index in [1.54, 1.807) is 7.11 Å². The molecule has 0 radical (unpaired) electrons. The number of rotatable bonds is 4. The number of ether oxygens (including phenoxy) is 1. The topological polar surface area (TPSA) is 26.3 Å². The second-order valence-electron chi connectivity index (χ2n) is 3.80. The van der Waals surface area contributed by atoms with Crippen molar-refractivity contribution in [3.8, 4) is 5.75 Å². The van der Waals surface area contributed by atoms with E-state index in [0.29, 0.717) is 12.3 Å². The fourth-order valence-electron chi connectivity index (χ4n) is 1.50. The van der Waals surface area contributed by atoms with Crippen LogP contribution in [0, 0.1) is 5.92 Å². The predicted molar refractivity (Wildman–Crippen MR) is 54.7 cm³/mol. The molecule has 1 fully saturated rings. The fourth-order valence-corrected chi connectivity index (χ4v) is 1.50. The summed E-state index contributed by atoms with van der Waals surface area (Å²) in [4.78, 5) is 11.7. The minimum Gasteiger partial charge on any atom is -0.497 e. The van der Waals surface area contributed by atoms with Gasteiger partial charge < -0.3 is 4.74 Å². The Hall–Kier alpha value is -1.31. The molecule has 1 aliphatic rings. The summed E-state index contributed by atoms with van der Waals surface area (Å²) in [6, 6.07) is 7.38. The van der Waals surface area contributed by atoms with Crippen molar-refractivity contribution in [2.45, 2.75) is 19.3 Å². The molecule has 74 valence electrons. The first-order valence-electron chi connectivity index (χ1n) is 4.97. The number of carbonyl (C=O) groups is 1. The number of benzene rings is 1. The van der Waals surface area contributed by atoms with Gasteiger partial charge in [0.2, 0.25) is 0 Å². The van der Waals surface area contributed by atoms with Crippen molar-refractivity contribution < 1.29 is 9.53 Å². The van der Waals surface area contributed by atoms with Gasteiger partial charge in [0, 0.05) is 12.0 Å². The standard InChI is InChI=1S/C12H14O2/c1-14-11-4-2-3-10(8-11)12(13)7-9-5-6-9/h2-4,8-9H,5-7H2,1H3. The molecular formula is C12H14O2. The smallest absolute Gasteiger partial charge is 0.163 e. The Balaban J connectivity index is 2.09. The Labute approximate surface area is 83.9 Å². The van der Waals surface area contributed by atoms with Gasteiger partial charge in [-0.25, -0.2) is 0 Å². The third kappa shape index (κ3) is 2.13. The van der Waals surface area contributed by atoms with Crippen LogP contribution in [0.25, 0.3) is 0 Å². The van der Waals surface area contributed by atoms with E-state index in [0.717, 1.165) is 11.3 Å². The van der Waals surface area contributed by atoms with E-state index in [1.165, 1.54) is 12.8 Å². The van der Waals surface area contributed by atoms with Crippen molar-refractivity contribution in [3.63, 3.8) is 0 Å². The van der Waals surface area contributed by atoms with Gasteiger partial charge in [0.15, 0.2) is 5.78 Å². The number of carbonyl (C=O) groups excluding carboxylic acids is 1. The maximum Gasteiger partial charge on any atom is 0.163 e. The maximum absolute atomic E-state index is 11.7. The summed E-state index contributed by atoms with van der Waals surface area (Å²) in [5.41, 5.74) is 0.774. The molecule has 0 N–H and O–H groups in total. The zero-order valence-corrected chi connectivity index (χ0v) is 8.32. The molecule has 1 saturated carbocycles. The highest BCUT2D eigenvalue weighted by Gasteiger charge is 2.24. The van der Waals surface area contributed by atoms with Crippen LogP contribution in [0.15, 0.2) is 24.3 Å². The molecule has 0 bridgehead atoms. The van der Waals surface area contributed by atoms with Crippen LogP contribution in [-0.2, 0) is 0 Å². The zero-order chi connectivity index (χ0) is 9.97. The van der Waals surface area contributed by atoms with E-state index < -0.39 is 0 Å². The van der Waals surface area contributed by atoms with E-state index in [9.17, 15) is 4.79 Å². The lowest BCUT2D eigenvalue weighted by atomic mass is 10.1. The summed E-state index contributed by atoms with van der Waals surface area (Å²) in [6.07, 6.45) is 3.14. The summed E-state index contributed by atoms with van der Waals surface area (Å²) < 4.78 is 5.07. The van der Waals surface area contributed by atoms with Crippen LogP contribution in [0.3, 0.4) is 0 Å². The van der Waals surface area contributed by atoms with Gasteiger partial charge in [-0.15, -0.1) is 0 Å². The Morgan fingerprint density at radius 1 is 1.50 bits per heavy atom. The van der Waals surface area contributed by atoms with Gasteiger partial charge in [-0.2, -0.15) is 0 Å². The lowest BCUT2D eigenvalue weighted by molar-refractivity contribution is 0.0976. The van der Waals surface area contributed by atoms with Gasteiger partial charge in [0.05, 0.1) is 7.11 Å². The molecule has 1 aromatic carbocycles. The summed E-state index contributed by atoms with van der Waals surface area (Å²) in [5, 5.41) is 0. The molecule has 1 aliphatic carbocycles. The lowest BCUT2D eigenvalue weighted by Crippen LogP contribution is -2.00. The predicted octanol–water partition coefficient (Wildman–Crippen LogP) is 2.68. The summed E-state index contributed by atoms with van der Waals surface area (Å²) in [7, 11) is 1.62. The van der Waals surface area contributed by atoms with E-state index >= 15 is 0 Å². The van der Waals surface area contributed by atoms with Crippen LogP contribution in [0.4, 0.5) is 0 Å². The first-order valence-corrected chi connectivity index (χ1v) is 4.97. The van der Waals surface area contributed by atoms with Gasteiger partial charge in [-0.1, -0.05) is 12.1 Å². The highest BCUT2D eigenvalue weighted by atomic mass is 16.5. The third-order valence-corrected chi connectivity index (χ3v) is 2.56. The maximum atomic E-state index is 11.7. The molecule has 0 heterocycles. The first-order chi connectivity index (χ1) is 6.79. The molecule has 2 heteroatoms. The number of hydrogen-bond donors (Lipinski definition) is 0.